The summed E-state index contributed by atoms with van der Waals surface area (Å²) in [5, 5.41) is 0. The first-order valence-electron chi connectivity index (χ1n) is 7.10. The lowest BCUT2D eigenvalue weighted by atomic mass is 10.2. The highest BCUT2D eigenvalue weighted by atomic mass is 79.9. The van der Waals surface area contributed by atoms with Gasteiger partial charge in [-0.25, -0.2) is 4.98 Å². The summed E-state index contributed by atoms with van der Waals surface area (Å²) in [6.45, 7) is 4.98. The molecule has 0 amide bonds. The van der Waals surface area contributed by atoms with Gasteiger partial charge in [-0.2, -0.15) is 18.2 Å². The molecule has 8 heteroatoms. The van der Waals surface area contributed by atoms with Gasteiger partial charge in [-0.05, 0) is 45.0 Å². The molecule has 0 bridgehead atoms. The lowest BCUT2D eigenvalue weighted by molar-refractivity contribution is -0.140. The Morgan fingerprint density at radius 1 is 1.08 bits per heavy atom. The molecule has 130 valence electrons. The van der Waals surface area contributed by atoms with Crippen molar-refractivity contribution >= 4 is 27.6 Å². The van der Waals surface area contributed by atoms with Crippen molar-refractivity contribution in [2.24, 2.45) is 0 Å². The molecule has 1 aromatic carbocycles. The van der Waals surface area contributed by atoms with Gasteiger partial charge in [0, 0.05) is 23.4 Å². The first-order chi connectivity index (χ1) is 11.0. The van der Waals surface area contributed by atoms with Crippen LogP contribution in [0, 0.1) is 0 Å². The summed E-state index contributed by atoms with van der Waals surface area (Å²) in [6.07, 6.45) is -3.84. The maximum Gasteiger partial charge on any atom is 0.423 e. The molecule has 1 heterocycles. The molecule has 0 fully saturated rings. The molecule has 0 spiro atoms. The van der Waals surface area contributed by atoms with Crippen molar-refractivity contribution in [3.05, 3.63) is 40.5 Å². The minimum Gasteiger partial charge on any atom is -0.471 e. The molecular formula is C16H17BrF3N3O. The van der Waals surface area contributed by atoms with Crippen molar-refractivity contribution in [1.82, 2.24) is 9.97 Å². The van der Waals surface area contributed by atoms with Crippen LogP contribution in [0.2, 0.25) is 0 Å². The van der Waals surface area contributed by atoms with Crippen LogP contribution in [0.25, 0.3) is 0 Å². The van der Waals surface area contributed by atoms with E-state index in [0.29, 0.717) is 0 Å². The van der Waals surface area contributed by atoms with E-state index in [9.17, 15) is 13.2 Å². The Bertz CT molecular complexity index is 712. The Kier molecular flexibility index (Phi) is 5.08. The van der Waals surface area contributed by atoms with E-state index in [0.717, 1.165) is 16.4 Å². The smallest absolute Gasteiger partial charge is 0.423 e. The van der Waals surface area contributed by atoms with Crippen LogP contribution in [-0.2, 0) is 6.18 Å². The second-order valence-corrected chi connectivity index (χ2v) is 7.05. The van der Waals surface area contributed by atoms with Crippen LogP contribution in [0.3, 0.4) is 0 Å². The van der Waals surface area contributed by atoms with Crippen molar-refractivity contribution in [1.29, 1.82) is 0 Å². The SMILES string of the molecule is CN(c1ccc(Br)cc1)c1ncc(C(F)(F)F)c(OC(C)(C)C)n1. The van der Waals surface area contributed by atoms with Crippen LogP contribution in [-0.4, -0.2) is 22.6 Å². The van der Waals surface area contributed by atoms with Crippen LogP contribution in [0.1, 0.15) is 26.3 Å². The van der Waals surface area contributed by atoms with Gasteiger partial charge in [0.25, 0.3) is 0 Å². The van der Waals surface area contributed by atoms with Gasteiger partial charge in [0.05, 0.1) is 0 Å². The summed E-state index contributed by atoms with van der Waals surface area (Å²) in [6, 6.07) is 7.25. The second kappa shape index (κ2) is 6.58. The standard InChI is InChI=1S/C16H17BrF3N3O/c1-15(2,3)24-13-12(16(18,19)20)9-21-14(22-13)23(4)11-7-5-10(17)6-8-11/h5-9H,1-4H3. The molecule has 0 aliphatic heterocycles. The molecule has 1 aromatic heterocycles. The molecule has 0 saturated carbocycles. The van der Waals surface area contributed by atoms with E-state index in [2.05, 4.69) is 25.9 Å². The average Bonchev–Trinajstić information content (AvgIpc) is 2.44. The molecular weight excluding hydrogens is 387 g/mol. The Morgan fingerprint density at radius 3 is 2.17 bits per heavy atom. The molecule has 0 N–H and O–H groups in total. The number of benzene rings is 1. The van der Waals surface area contributed by atoms with E-state index in [1.807, 2.05) is 12.1 Å². The fourth-order valence-corrected chi connectivity index (χ4v) is 2.13. The minimum absolute atomic E-state index is 0.115. The molecule has 0 radical (unpaired) electrons. The van der Waals surface area contributed by atoms with E-state index in [-0.39, 0.29) is 5.95 Å². The van der Waals surface area contributed by atoms with Crippen LogP contribution in [0.15, 0.2) is 34.9 Å². The van der Waals surface area contributed by atoms with Crippen LogP contribution >= 0.6 is 15.9 Å². The Morgan fingerprint density at radius 2 is 1.67 bits per heavy atom. The van der Waals surface area contributed by atoms with Crippen LogP contribution in [0.5, 0.6) is 5.88 Å². The third-order valence-corrected chi connectivity index (χ3v) is 3.49. The van der Waals surface area contributed by atoms with Gasteiger partial charge >= 0.3 is 6.18 Å². The predicted octanol–water partition coefficient (Wildman–Crippen LogP) is 5.20. The van der Waals surface area contributed by atoms with E-state index in [1.165, 1.54) is 0 Å². The zero-order chi connectivity index (χ0) is 18.1. The average molecular weight is 404 g/mol. The van der Waals surface area contributed by atoms with Crippen molar-refractivity contribution in [2.75, 3.05) is 11.9 Å². The lowest BCUT2D eigenvalue weighted by Gasteiger charge is -2.24. The van der Waals surface area contributed by atoms with Crippen molar-refractivity contribution in [3.63, 3.8) is 0 Å². The number of nitrogens with zero attached hydrogens (tertiary/aromatic N) is 3. The molecule has 0 atom stereocenters. The maximum absolute atomic E-state index is 13.1. The third-order valence-electron chi connectivity index (χ3n) is 2.96. The number of hydrogen-bond acceptors (Lipinski definition) is 4. The first kappa shape index (κ1) is 18.5. The maximum atomic E-state index is 13.1. The molecule has 2 aromatic rings. The number of ether oxygens (including phenoxy) is 1. The molecule has 0 saturated heterocycles. The molecule has 24 heavy (non-hydrogen) atoms. The summed E-state index contributed by atoms with van der Waals surface area (Å²) in [7, 11) is 1.67. The Balaban J connectivity index is 2.45. The fourth-order valence-electron chi connectivity index (χ4n) is 1.86. The van der Waals surface area contributed by atoms with Gasteiger partial charge in [0.15, 0.2) is 0 Å². The van der Waals surface area contributed by atoms with Crippen molar-refractivity contribution in [2.45, 2.75) is 32.5 Å². The number of alkyl halides is 3. The third kappa shape index (κ3) is 4.59. The number of hydrogen-bond donors (Lipinski definition) is 0. The van der Waals surface area contributed by atoms with E-state index in [1.54, 1.807) is 44.9 Å². The Hall–Kier alpha value is -1.83. The molecule has 0 unspecified atom stereocenters. The highest BCUT2D eigenvalue weighted by Gasteiger charge is 2.37. The summed E-state index contributed by atoms with van der Waals surface area (Å²) < 4.78 is 45.7. The monoisotopic (exact) mass is 403 g/mol. The lowest BCUT2D eigenvalue weighted by Crippen LogP contribution is -2.26. The minimum atomic E-state index is -4.59. The number of rotatable bonds is 3. The van der Waals surface area contributed by atoms with Crippen molar-refractivity contribution < 1.29 is 17.9 Å². The largest absolute Gasteiger partial charge is 0.471 e. The van der Waals surface area contributed by atoms with E-state index >= 15 is 0 Å². The van der Waals surface area contributed by atoms with E-state index < -0.39 is 23.2 Å². The van der Waals surface area contributed by atoms with E-state index in [4.69, 9.17) is 4.74 Å². The molecule has 4 nitrogen and oxygen atoms in total. The topological polar surface area (TPSA) is 38.2 Å². The van der Waals surface area contributed by atoms with Crippen molar-refractivity contribution in [3.8, 4) is 5.88 Å². The summed E-state index contributed by atoms with van der Waals surface area (Å²) >= 11 is 3.33. The molecule has 0 aliphatic carbocycles. The second-order valence-electron chi connectivity index (χ2n) is 6.14. The van der Waals surface area contributed by atoms with Gasteiger partial charge in [0.1, 0.15) is 11.2 Å². The quantitative estimate of drug-likeness (QED) is 0.705. The number of anilines is 2. The first-order valence-corrected chi connectivity index (χ1v) is 7.89. The number of halogens is 4. The van der Waals surface area contributed by atoms with Gasteiger partial charge in [-0.3, -0.25) is 0 Å². The summed E-state index contributed by atoms with van der Waals surface area (Å²) in [4.78, 5) is 9.41. The summed E-state index contributed by atoms with van der Waals surface area (Å²) in [5.74, 6) is -0.367. The predicted molar refractivity (Wildman–Crippen MR) is 89.6 cm³/mol. The van der Waals surface area contributed by atoms with Crippen LogP contribution in [0.4, 0.5) is 24.8 Å². The zero-order valence-corrected chi connectivity index (χ0v) is 15.2. The number of aromatic nitrogens is 2. The van der Waals surface area contributed by atoms with Gasteiger partial charge in [0.2, 0.25) is 11.8 Å². The Labute approximate surface area is 146 Å². The van der Waals surface area contributed by atoms with Gasteiger partial charge < -0.3 is 9.64 Å². The normalized spacial score (nSPS) is 12.2. The fraction of sp³-hybridized carbons (Fsp3) is 0.375. The molecule has 2 rings (SSSR count). The highest BCUT2D eigenvalue weighted by molar-refractivity contribution is 9.10. The highest BCUT2D eigenvalue weighted by Crippen LogP contribution is 2.37. The zero-order valence-electron chi connectivity index (χ0n) is 13.6. The summed E-state index contributed by atoms with van der Waals surface area (Å²) in [5.41, 5.74) is -1.08. The van der Waals surface area contributed by atoms with Gasteiger partial charge in [-0.1, -0.05) is 15.9 Å². The van der Waals surface area contributed by atoms with Crippen LogP contribution < -0.4 is 9.64 Å². The van der Waals surface area contributed by atoms with Gasteiger partial charge in [-0.15, -0.1) is 0 Å². The molecule has 0 aliphatic rings.